The van der Waals surface area contributed by atoms with Gasteiger partial charge in [-0.05, 0) is 60.7 Å². The lowest BCUT2D eigenvalue weighted by molar-refractivity contribution is 0.337. The number of allylic oxidation sites excluding steroid dienone is 1. The fourth-order valence-corrected chi connectivity index (χ4v) is 4.91. The topological polar surface area (TPSA) is 0 Å². The molecule has 84 valence electrons. The standard InChI is InChI=1S/C15H24/c1-9-7-11-10(2)5-6-13-14(12(11)8-9)15(13,3)4/h9,11-14H,2,5-8H2,1,3-4H3/t9-,11+,12+,13+,14-/m0/s1. The number of hydrogen-bond donors (Lipinski definition) is 0. The summed E-state index contributed by atoms with van der Waals surface area (Å²) in [6.07, 6.45) is 5.66. The van der Waals surface area contributed by atoms with Crippen molar-refractivity contribution in [2.75, 3.05) is 0 Å². The molecule has 5 atom stereocenters. The Labute approximate surface area is 94.1 Å². The van der Waals surface area contributed by atoms with Crippen molar-refractivity contribution in [2.45, 2.75) is 46.5 Å². The van der Waals surface area contributed by atoms with Gasteiger partial charge in [-0.25, -0.2) is 0 Å². The van der Waals surface area contributed by atoms with Gasteiger partial charge >= 0.3 is 0 Å². The molecule has 0 amide bonds. The Bertz CT molecular complexity index is 299. The molecular formula is C15H24. The minimum atomic E-state index is 0.660. The molecule has 3 rings (SSSR count). The van der Waals surface area contributed by atoms with Crippen molar-refractivity contribution in [3.63, 3.8) is 0 Å². The molecule has 0 N–H and O–H groups in total. The number of fused-ring (bicyclic) bond motifs is 3. The van der Waals surface area contributed by atoms with Crippen LogP contribution in [0.25, 0.3) is 0 Å². The number of rotatable bonds is 0. The van der Waals surface area contributed by atoms with Crippen molar-refractivity contribution in [1.29, 1.82) is 0 Å². The van der Waals surface area contributed by atoms with Crippen LogP contribution in [0.1, 0.15) is 46.5 Å². The molecular weight excluding hydrogens is 180 g/mol. The second-order valence-electron chi connectivity index (χ2n) is 7.00. The molecule has 0 bridgehead atoms. The highest BCUT2D eigenvalue weighted by Crippen LogP contribution is 2.70. The van der Waals surface area contributed by atoms with Crippen molar-refractivity contribution < 1.29 is 0 Å². The highest BCUT2D eigenvalue weighted by atomic mass is 14.7. The summed E-state index contributed by atoms with van der Waals surface area (Å²) in [5, 5.41) is 0. The first kappa shape index (κ1) is 9.93. The van der Waals surface area contributed by atoms with Gasteiger partial charge in [0.2, 0.25) is 0 Å². The maximum Gasteiger partial charge on any atom is -0.0172 e. The van der Waals surface area contributed by atoms with Crippen molar-refractivity contribution >= 4 is 0 Å². The van der Waals surface area contributed by atoms with E-state index >= 15 is 0 Å². The summed E-state index contributed by atoms with van der Waals surface area (Å²) >= 11 is 0. The minimum absolute atomic E-state index is 0.660. The minimum Gasteiger partial charge on any atom is -0.0996 e. The Hall–Kier alpha value is -0.260. The Morgan fingerprint density at radius 2 is 2.00 bits per heavy atom. The predicted molar refractivity (Wildman–Crippen MR) is 64.5 cm³/mol. The normalized spacial score (nSPS) is 51.9. The maximum atomic E-state index is 4.35. The second kappa shape index (κ2) is 2.90. The van der Waals surface area contributed by atoms with Crippen LogP contribution in [0.3, 0.4) is 0 Å². The lowest BCUT2D eigenvalue weighted by Crippen LogP contribution is -2.14. The second-order valence-corrected chi connectivity index (χ2v) is 7.00. The van der Waals surface area contributed by atoms with E-state index in [2.05, 4.69) is 27.4 Å². The largest absolute Gasteiger partial charge is 0.0996 e. The first-order chi connectivity index (χ1) is 7.01. The van der Waals surface area contributed by atoms with Gasteiger partial charge in [-0.3, -0.25) is 0 Å². The van der Waals surface area contributed by atoms with Gasteiger partial charge in [0, 0.05) is 0 Å². The Morgan fingerprint density at radius 3 is 2.73 bits per heavy atom. The van der Waals surface area contributed by atoms with Gasteiger partial charge in [0.15, 0.2) is 0 Å². The Kier molecular flexibility index (Phi) is 1.92. The third-order valence-electron chi connectivity index (χ3n) is 5.75. The van der Waals surface area contributed by atoms with Crippen LogP contribution >= 0.6 is 0 Å². The van der Waals surface area contributed by atoms with E-state index < -0.39 is 0 Å². The van der Waals surface area contributed by atoms with Gasteiger partial charge in [-0.15, -0.1) is 0 Å². The van der Waals surface area contributed by atoms with Crippen molar-refractivity contribution in [2.24, 2.45) is 35.0 Å². The third kappa shape index (κ3) is 1.26. The predicted octanol–water partition coefficient (Wildman–Crippen LogP) is 4.27. The summed E-state index contributed by atoms with van der Waals surface area (Å²) in [5.74, 6) is 4.89. The van der Waals surface area contributed by atoms with Crippen LogP contribution < -0.4 is 0 Å². The third-order valence-corrected chi connectivity index (χ3v) is 5.75. The molecule has 0 unspecified atom stereocenters. The van der Waals surface area contributed by atoms with Gasteiger partial charge in [-0.1, -0.05) is 32.9 Å². The monoisotopic (exact) mass is 204 g/mol. The highest BCUT2D eigenvalue weighted by molar-refractivity contribution is 5.19. The lowest BCUT2D eigenvalue weighted by atomic mass is 9.83. The molecule has 0 spiro atoms. The van der Waals surface area contributed by atoms with Crippen LogP contribution in [0.5, 0.6) is 0 Å². The van der Waals surface area contributed by atoms with E-state index in [0.29, 0.717) is 5.41 Å². The van der Waals surface area contributed by atoms with Crippen molar-refractivity contribution in [1.82, 2.24) is 0 Å². The van der Waals surface area contributed by atoms with E-state index in [4.69, 9.17) is 0 Å². The molecule has 0 heteroatoms. The Balaban J connectivity index is 1.89. The molecule has 0 aromatic carbocycles. The smallest absolute Gasteiger partial charge is 0.0172 e. The van der Waals surface area contributed by atoms with Gasteiger partial charge in [0.05, 0.1) is 0 Å². The summed E-state index contributed by atoms with van der Waals surface area (Å²) in [5.41, 5.74) is 2.25. The molecule has 0 saturated heterocycles. The number of hydrogen-bond acceptors (Lipinski definition) is 0. The zero-order valence-corrected chi connectivity index (χ0v) is 10.4. The molecule has 0 nitrogen and oxygen atoms in total. The molecule has 3 saturated carbocycles. The zero-order chi connectivity index (χ0) is 10.8. The van der Waals surface area contributed by atoms with Crippen LogP contribution in [0, 0.1) is 35.0 Å². The van der Waals surface area contributed by atoms with E-state index in [-0.39, 0.29) is 0 Å². The van der Waals surface area contributed by atoms with Gasteiger partial charge < -0.3 is 0 Å². The molecule has 3 fully saturated rings. The van der Waals surface area contributed by atoms with Crippen LogP contribution in [0.2, 0.25) is 0 Å². The van der Waals surface area contributed by atoms with Gasteiger partial charge in [0.1, 0.15) is 0 Å². The first-order valence-electron chi connectivity index (χ1n) is 6.69. The van der Waals surface area contributed by atoms with Crippen LogP contribution in [-0.4, -0.2) is 0 Å². The van der Waals surface area contributed by atoms with Crippen molar-refractivity contribution in [3.05, 3.63) is 12.2 Å². The summed E-state index contributed by atoms with van der Waals surface area (Å²) in [6.45, 7) is 11.8. The van der Waals surface area contributed by atoms with Gasteiger partial charge in [0.25, 0.3) is 0 Å². The first-order valence-corrected chi connectivity index (χ1v) is 6.69. The van der Waals surface area contributed by atoms with Crippen LogP contribution in [-0.2, 0) is 0 Å². The van der Waals surface area contributed by atoms with E-state index in [0.717, 1.165) is 29.6 Å². The zero-order valence-electron chi connectivity index (χ0n) is 10.4. The molecule has 0 aliphatic heterocycles. The fraction of sp³-hybridized carbons (Fsp3) is 0.867. The molecule has 3 aliphatic carbocycles. The summed E-state index contributed by atoms with van der Waals surface area (Å²) < 4.78 is 0. The quantitative estimate of drug-likeness (QED) is 0.517. The SMILES string of the molecule is C=C1CC[C@@H]2[C@H]([C@@H]3C[C@@H](C)C[C@H]13)C2(C)C. The van der Waals surface area contributed by atoms with Crippen molar-refractivity contribution in [3.8, 4) is 0 Å². The highest BCUT2D eigenvalue weighted by Gasteiger charge is 2.63. The molecule has 0 aromatic rings. The molecule has 0 radical (unpaired) electrons. The maximum absolute atomic E-state index is 4.35. The molecule has 3 aliphatic rings. The summed E-state index contributed by atoms with van der Waals surface area (Å²) in [4.78, 5) is 0. The lowest BCUT2D eigenvalue weighted by Gasteiger charge is -2.22. The fourth-order valence-electron chi connectivity index (χ4n) is 4.91. The van der Waals surface area contributed by atoms with E-state index in [1.54, 1.807) is 5.57 Å². The average molecular weight is 204 g/mol. The van der Waals surface area contributed by atoms with Crippen LogP contribution in [0.15, 0.2) is 12.2 Å². The Morgan fingerprint density at radius 1 is 1.27 bits per heavy atom. The van der Waals surface area contributed by atoms with Crippen LogP contribution in [0.4, 0.5) is 0 Å². The average Bonchev–Trinajstić information content (AvgIpc) is 2.54. The summed E-state index contributed by atoms with van der Waals surface area (Å²) in [7, 11) is 0. The van der Waals surface area contributed by atoms with E-state index in [1.807, 2.05) is 0 Å². The molecule has 0 heterocycles. The van der Waals surface area contributed by atoms with E-state index in [1.165, 1.54) is 25.7 Å². The molecule has 0 aromatic heterocycles. The molecule has 15 heavy (non-hydrogen) atoms. The summed E-state index contributed by atoms with van der Waals surface area (Å²) in [6, 6.07) is 0. The van der Waals surface area contributed by atoms with Gasteiger partial charge in [-0.2, -0.15) is 0 Å². The van der Waals surface area contributed by atoms with E-state index in [9.17, 15) is 0 Å².